The summed E-state index contributed by atoms with van der Waals surface area (Å²) in [5.41, 5.74) is 2.84. The van der Waals surface area contributed by atoms with Crippen LogP contribution < -0.4 is 0 Å². The molecule has 0 spiro atoms. The molecule has 2 aromatic carbocycles. The van der Waals surface area contributed by atoms with Crippen molar-refractivity contribution in [3.63, 3.8) is 0 Å². The summed E-state index contributed by atoms with van der Waals surface area (Å²) >= 11 is 0. The highest BCUT2D eigenvalue weighted by Gasteiger charge is 2.33. The number of hydrogen-bond acceptors (Lipinski definition) is 4. The minimum atomic E-state index is -3.47. The van der Waals surface area contributed by atoms with Gasteiger partial charge >= 0.3 is 0 Å². The Labute approximate surface area is 153 Å². The van der Waals surface area contributed by atoms with Crippen LogP contribution in [0.25, 0.3) is 11.3 Å². The molecule has 4 rings (SSSR count). The lowest BCUT2D eigenvalue weighted by Gasteiger charge is -2.16. The fourth-order valence-corrected chi connectivity index (χ4v) is 4.69. The van der Waals surface area contributed by atoms with Crippen molar-refractivity contribution < 1.29 is 8.42 Å². The van der Waals surface area contributed by atoms with Crippen molar-refractivity contribution in [2.24, 2.45) is 0 Å². The number of hydrogen-bond donors (Lipinski definition) is 0. The van der Waals surface area contributed by atoms with Crippen LogP contribution in [0.2, 0.25) is 0 Å². The second-order valence-electron chi connectivity index (χ2n) is 6.57. The van der Waals surface area contributed by atoms with Crippen LogP contribution in [0.1, 0.15) is 18.0 Å². The molecule has 26 heavy (non-hydrogen) atoms. The minimum Gasteiger partial charge on any atom is -0.247 e. The quantitative estimate of drug-likeness (QED) is 0.710. The Morgan fingerprint density at radius 1 is 1.04 bits per heavy atom. The smallest absolute Gasteiger partial charge is 0.243 e. The predicted molar refractivity (Wildman–Crippen MR) is 99.0 cm³/mol. The SMILES string of the molecule is Cc1ccc(S(=O)(=O)N2CCC(n3cc(-c4ccccc4)nn3)C2)cc1. The number of aromatic nitrogens is 3. The van der Waals surface area contributed by atoms with E-state index in [1.807, 2.05) is 55.6 Å². The monoisotopic (exact) mass is 368 g/mol. The van der Waals surface area contributed by atoms with E-state index in [1.54, 1.807) is 16.8 Å². The van der Waals surface area contributed by atoms with E-state index in [9.17, 15) is 8.42 Å². The van der Waals surface area contributed by atoms with Crippen LogP contribution >= 0.6 is 0 Å². The first-order chi connectivity index (χ1) is 12.5. The number of benzene rings is 2. The molecule has 134 valence electrons. The van der Waals surface area contributed by atoms with E-state index in [0.29, 0.717) is 18.0 Å². The largest absolute Gasteiger partial charge is 0.247 e. The zero-order valence-electron chi connectivity index (χ0n) is 14.5. The van der Waals surface area contributed by atoms with E-state index in [0.717, 1.165) is 23.2 Å². The molecule has 1 aromatic heterocycles. The first-order valence-electron chi connectivity index (χ1n) is 8.58. The van der Waals surface area contributed by atoms with Gasteiger partial charge in [0, 0.05) is 18.7 Å². The lowest BCUT2D eigenvalue weighted by Crippen LogP contribution is -2.29. The molecule has 1 aliphatic heterocycles. The molecule has 0 aliphatic carbocycles. The van der Waals surface area contributed by atoms with Crippen LogP contribution in [0, 0.1) is 6.92 Å². The number of nitrogens with zero attached hydrogens (tertiary/aromatic N) is 4. The standard InChI is InChI=1S/C19H20N4O2S/c1-15-7-9-18(10-8-15)26(24,25)22-12-11-17(13-22)23-14-19(20-21-23)16-5-3-2-4-6-16/h2-10,14,17H,11-13H2,1H3. The summed E-state index contributed by atoms with van der Waals surface area (Å²) in [5, 5.41) is 8.45. The lowest BCUT2D eigenvalue weighted by molar-refractivity contribution is 0.428. The highest BCUT2D eigenvalue weighted by Crippen LogP contribution is 2.28. The molecule has 1 unspecified atom stereocenters. The van der Waals surface area contributed by atoms with Crippen molar-refractivity contribution in [3.8, 4) is 11.3 Å². The third-order valence-electron chi connectivity index (χ3n) is 4.74. The van der Waals surface area contributed by atoms with E-state index < -0.39 is 10.0 Å². The first kappa shape index (κ1) is 16.9. The van der Waals surface area contributed by atoms with Gasteiger partial charge in [-0.05, 0) is 25.5 Å². The van der Waals surface area contributed by atoms with Gasteiger partial charge in [-0.1, -0.05) is 53.2 Å². The van der Waals surface area contributed by atoms with Crippen LogP contribution in [0.15, 0.2) is 65.7 Å². The van der Waals surface area contributed by atoms with Gasteiger partial charge in [-0.3, -0.25) is 0 Å². The van der Waals surface area contributed by atoms with Crippen LogP contribution in [-0.4, -0.2) is 40.8 Å². The van der Waals surface area contributed by atoms with Gasteiger partial charge in [-0.2, -0.15) is 4.31 Å². The maximum atomic E-state index is 12.8. The Morgan fingerprint density at radius 3 is 2.50 bits per heavy atom. The fraction of sp³-hybridized carbons (Fsp3) is 0.263. The second kappa shape index (κ2) is 6.66. The second-order valence-corrected chi connectivity index (χ2v) is 8.51. The molecule has 0 N–H and O–H groups in total. The fourth-order valence-electron chi connectivity index (χ4n) is 3.20. The topological polar surface area (TPSA) is 68.1 Å². The molecule has 6 nitrogen and oxygen atoms in total. The zero-order chi connectivity index (χ0) is 18.1. The van der Waals surface area contributed by atoms with Crippen molar-refractivity contribution in [3.05, 3.63) is 66.4 Å². The van der Waals surface area contributed by atoms with Crippen LogP contribution in [-0.2, 0) is 10.0 Å². The van der Waals surface area contributed by atoms with Crippen molar-refractivity contribution in [1.82, 2.24) is 19.3 Å². The minimum absolute atomic E-state index is 0.000172. The molecule has 3 aromatic rings. The van der Waals surface area contributed by atoms with E-state index >= 15 is 0 Å². The van der Waals surface area contributed by atoms with Gasteiger partial charge in [-0.25, -0.2) is 13.1 Å². The molecular weight excluding hydrogens is 348 g/mol. The molecule has 0 radical (unpaired) electrons. The zero-order valence-corrected chi connectivity index (χ0v) is 15.3. The van der Waals surface area contributed by atoms with Gasteiger partial charge in [0.1, 0.15) is 5.69 Å². The number of sulfonamides is 1. The summed E-state index contributed by atoms with van der Waals surface area (Å²) in [6, 6.07) is 16.8. The molecule has 0 bridgehead atoms. The lowest BCUT2D eigenvalue weighted by atomic mass is 10.2. The Morgan fingerprint density at radius 2 is 1.77 bits per heavy atom. The highest BCUT2D eigenvalue weighted by molar-refractivity contribution is 7.89. The van der Waals surface area contributed by atoms with Crippen molar-refractivity contribution in [1.29, 1.82) is 0 Å². The normalized spacial score (nSPS) is 18.3. The maximum absolute atomic E-state index is 12.8. The van der Waals surface area contributed by atoms with Gasteiger partial charge in [0.2, 0.25) is 10.0 Å². The van der Waals surface area contributed by atoms with Gasteiger partial charge in [0.25, 0.3) is 0 Å². The van der Waals surface area contributed by atoms with Crippen molar-refractivity contribution >= 4 is 10.0 Å². The van der Waals surface area contributed by atoms with Crippen molar-refractivity contribution in [2.45, 2.75) is 24.3 Å². The average Bonchev–Trinajstić information content (AvgIpc) is 3.33. The number of rotatable bonds is 4. The Bertz CT molecular complexity index is 998. The van der Waals surface area contributed by atoms with E-state index in [2.05, 4.69) is 10.3 Å². The third-order valence-corrected chi connectivity index (χ3v) is 6.62. The molecule has 0 amide bonds. The summed E-state index contributed by atoms with van der Waals surface area (Å²) in [7, 11) is -3.47. The third kappa shape index (κ3) is 3.15. The molecule has 0 saturated carbocycles. The Hall–Kier alpha value is -2.51. The van der Waals surface area contributed by atoms with E-state index in [1.165, 1.54) is 4.31 Å². The van der Waals surface area contributed by atoms with Gasteiger partial charge in [0.15, 0.2) is 0 Å². The highest BCUT2D eigenvalue weighted by atomic mass is 32.2. The summed E-state index contributed by atoms with van der Waals surface area (Å²) in [4.78, 5) is 0.340. The summed E-state index contributed by atoms with van der Waals surface area (Å²) in [5.74, 6) is 0. The number of aryl methyl sites for hydroxylation is 1. The van der Waals surface area contributed by atoms with Crippen LogP contribution in [0.5, 0.6) is 0 Å². The summed E-state index contributed by atoms with van der Waals surface area (Å²) in [6.45, 7) is 2.84. The Kier molecular flexibility index (Phi) is 4.34. The molecule has 2 heterocycles. The van der Waals surface area contributed by atoms with E-state index in [4.69, 9.17) is 0 Å². The molecule has 1 fully saturated rings. The summed E-state index contributed by atoms with van der Waals surface area (Å²) in [6.07, 6.45) is 2.62. The maximum Gasteiger partial charge on any atom is 0.243 e. The van der Waals surface area contributed by atoms with Crippen LogP contribution in [0.3, 0.4) is 0 Å². The average molecular weight is 368 g/mol. The van der Waals surface area contributed by atoms with E-state index in [-0.39, 0.29) is 6.04 Å². The van der Waals surface area contributed by atoms with Gasteiger partial charge in [0.05, 0.1) is 17.1 Å². The van der Waals surface area contributed by atoms with Gasteiger partial charge < -0.3 is 0 Å². The Balaban J connectivity index is 1.52. The van der Waals surface area contributed by atoms with Crippen LogP contribution in [0.4, 0.5) is 0 Å². The predicted octanol–water partition coefficient (Wildman–Crippen LogP) is 2.89. The van der Waals surface area contributed by atoms with Crippen molar-refractivity contribution in [2.75, 3.05) is 13.1 Å². The molecule has 1 atom stereocenters. The summed E-state index contributed by atoms with van der Waals surface area (Å²) < 4.78 is 29.0. The molecular formula is C19H20N4O2S. The molecule has 1 aliphatic rings. The first-order valence-corrected chi connectivity index (χ1v) is 10.0. The molecule has 7 heteroatoms. The van der Waals surface area contributed by atoms with Gasteiger partial charge in [-0.15, -0.1) is 5.10 Å². The molecule has 1 saturated heterocycles.